The maximum atomic E-state index is 13.3. The summed E-state index contributed by atoms with van der Waals surface area (Å²) < 4.78 is 5.34. The van der Waals surface area contributed by atoms with E-state index < -0.39 is 6.04 Å². The van der Waals surface area contributed by atoms with Gasteiger partial charge in [-0.15, -0.1) is 11.3 Å². The molecule has 0 radical (unpaired) electrons. The average Bonchev–Trinajstić information content (AvgIpc) is 3.22. The van der Waals surface area contributed by atoms with Gasteiger partial charge in [0, 0.05) is 18.0 Å². The molecule has 4 rings (SSSR count). The first-order valence-electron chi connectivity index (χ1n) is 8.38. The Labute approximate surface area is 154 Å². The third-order valence-corrected chi connectivity index (χ3v) is 5.62. The number of amides is 2. The zero-order valence-corrected chi connectivity index (χ0v) is 15.5. The molecule has 0 spiro atoms. The first-order valence-corrected chi connectivity index (χ1v) is 9.20. The van der Waals surface area contributed by atoms with E-state index >= 15 is 0 Å². The predicted octanol–water partition coefficient (Wildman–Crippen LogP) is 2.53. The topological polar surface area (TPSA) is 88.3 Å². The fourth-order valence-corrected chi connectivity index (χ4v) is 4.00. The summed E-state index contributed by atoms with van der Waals surface area (Å²) in [6.07, 6.45) is 0. The highest BCUT2D eigenvalue weighted by atomic mass is 32.1. The highest BCUT2D eigenvalue weighted by Crippen LogP contribution is 2.31. The number of carbonyl (C=O) groups excluding carboxylic acids is 2. The van der Waals surface area contributed by atoms with Crippen LogP contribution < -0.4 is 5.32 Å². The van der Waals surface area contributed by atoms with Crippen molar-refractivity contribution in [2.75, 3.05) is 13.1 Å². The van der Waals surface area contributed by atoms with Crippen molar-refractivity contribution in [1.29, 1.82) is 0 Å². The predicted molar refractivity (Wildman–Crippen MR) is 98.1 cm³/mol. The van der Waals surface area contributed by atoms with Gasteiger partial charge in [0.25, 0.3) is 11.6 Å². The number of aromatic nitrogens is 2. The molecule has 2 amide bonds. The number of thiophene rings is 1. The zero-order chi connectivity index (χ0) is 18.4. The minimum Gasteiger partial charge on any atom is -0.353 e. The van der Waals surface area contributed by atoms with E-state index in [1.165, 1.54) is 0 Å². The molecule has 1 N–H and O–H groups in total. The minimum absolute atomic E-state index is 0.147. The minimum atomic E-state index is -0.521. The first-order chi connectivity index (χ1) is 12.5. The number of fused-ring (bicyclic) bond motifs is 1. The van der Waals surface area contributed by atoms with Gasteiger partial charge < -0.3 is 14.7 Å². The van der Waals surface area contributed by atoms with Crippen molar-refractivity contribution in [2.24, 2.45) is 0 Å². The summed E-state index contributed by atoms with van der Waals surface area (Å²) in [6.45, 7) is 6.45. The molecule has 8 heteroatoms. The number of nitrogens with zero attached hydrogens (tertiary/aromatic N) is 3. The van der Waals surface area contributed by atoms with Crippen LogP contribution in [0, 0.1) is 13.8 Å². The van der Waals surface area contributed by atoms with Crippen LogP contribution >= 0.6 is 11.3 Å². The Balaban J connectivity index is 1.86. The molecule has 1 saturated heterocycles. The normalized spacial score (nSPS) is 17.6. The van der Waals surface area contributed by atoms with Gasteiger partial charge in [-0.3, -0.25) is 9.59 Å². The summed E-state index contributed by atoms with van der Waals surface area (Å²) in [4.78, 5) is 33.5. The van der Waals surface area contributed by atoms with Gasteiger partial charge in [-0.05, 0) is 39.0 Å². The van der Waals surface area contributed by atoms with Gasteiger partial charge in [0.2, 0.25) is 5.91 Å². The molecule has 1 aliphatic rings. The summed E-state index contributed by atoms with van der Waals surface area (Å²) in [5.74, 6) is -0.355. The van der Waals surface area contributed by atoms with E-state index in [-0.39, 0.29) is 11.8 Å². The van der Waals surface area contributed by atoms with Gasteiger partial charge >= 0.3 is 0 Å². The van der Waals surface area contributed by atoms with Crippen LogP contribution in [-0.2, 0) is 4.79 Å². The third kappa shape index (κ3) is 2.66. The number of hydrogen-bond donors (Lipinski definition) is 1. The Bertz CT molecular complexity index is 1020. The molecule has 0 aliphatic carbocycles. The maximum absolute atomic E-state index is 13.3. The molecule has 1 atom stereocenters. The monoisotopic (exact) mass is 370 g/mol. The zero-order valence-electron chi connectivity index (χ0n) is 14.7. The Hall–Kier alpha value is -2.74. The lowest BCUT2D eigenvalue weighted by Crippen LogP contribution is -2.55. The molecule has 134 valence electrons. The van der Waals surface area contributed by atoms with E-state index in [1.54, 1.807) is 36.2 Å². The van der Waals surface area contributed by atoms with E-state index in [9.17, 15) is 9.59 Å². The lowest BCUT2D eigenvalue weighted by molar-refractivity contribution is -0.127. The van der Waals surface area contributed by atoms with E-state index in [4.69, 9.17) is 4.52 Å². The van der Waals surface area contributed by atoms with Crippen LogP contribution in [0.5, 0.6) is 0 Å². The summed E-state index contributed by atoms with van der Waals surface area (Å²) in [5, 5.41) is 7.35. The quantitative estimate of drug-likeness (QED) is 0.749. The van der Waals surface area contributed by atoms with E-state index in [0.717, 1.165) is 9.75 Å². The van der Waals surface area contributed by atoms with Crippen molar-refractivity contribution in [3.05, 3.63) is 34.3 Å². The highest BCUT2D eigenvalue weighted by molar-refractivity contribution is 7.15. The van der Waals surface area contributed by atoms with Crippen molar-refractivity contribution in [3.63, 3.8) is 0 Å². The van der Waals surface area contributed by atoms with Crippen molar-refractivity contribution >= 4 is 34.3 Å². The summed E-state index contributed by atoms with van der Waals surface area (Å²) in [6, 6.07) is 5.24. The van der Waals surface area contributed by atoms with Crippen LogP contribution in [0.3, 0.4) is 0 Å². The number of piperazine rings is 1. The van der Waals surface area contributed by atoms with Gasteiger partial charge in [0.15, 0.2) is 0 Å². The SMILES string of the molecule is Cc1ccc(-c2cc(C(=O)N3CCNC(=O)C3C)c3c(C)noc3n2)s1. The number of pyridine rings is 1. The van der Waals surface area contributed by atoms with E-state index in [0.29, 0.717) is 41.1 Å². The summed E-state index contributed by atoms with van der Waals surface area (Å²) in [7, 11) is 0. The van der Waals surface area contributed by atoms with Crippen LogP contribution in [0.15, 0.2) is 22.7 Å². The molecular formula is C18H18N4O3S. The van der Waals surface area contributed by atoms with Gasteiger partial charge in [-0.1, -0.05) is 5.16 Å². The van der Waals surface area contributed by atoms with Crippen molar-refractivity contribution < 1.29 is 14.1 Å². The molecule has 3 aromatic heterocycles. The lowest BCUT2D eigenvalue weighted by Gasteiger charge is -2.33. The van der Waals surface area contributed by atoms with Gasteiger partial charge in [-0.2, -0.15) is 0 Å². The Morgan fingerprint density at radius 2 is 2.19 bits per heavy atom. The third-order valence-electron chi connectivity index (χ3n) is 4.60. The molecule has 0 aromatic carbocycles. The van der Waals surface area contributed by atoms with Crippen molar-refractivity contribution in [1.82, 2.24) is 20.4 Å². The number of aryl methyl sites for hydroxylation is 2. The van der Waals surface area contributed by atoms with Gasteiger partial charge in [-0.25, -0.2) is 4.98 Å². The van der Waals surface area contributed by atoms with Crippen LogP contribution in [0.1, 0.15) is 27.9 Å². The molecule has 26 heavy (non-hydrogen) atoms. The van der Waals surface area contributed by atoms with E-state index in [1.807, 2.05) is 19.1 Å². The largest absolute Gasteiger partial charge is 0.353 e. The smallest absolute Gasteiger partial charge is 0.259 e. The number of rotatable bonds is 2. The van der Waals surface area contributed by atoms with Gasteiger partial charge in [0.05, 0.1) is 27.2 Å². The van der Waals surface area contributed by atoms with Crippen LogP contribution in [0.2, 0.25) is 0 Å². The Morgan fingerprint density at radius 3 is 2.92 bits per heavy atom. The standard InChI is InChI=1S/C18H18N4O3S/c1-9-4-5-14(26-9)13-8-12(15-10(2)21-25-17(15)20-13)18(24)22-7-6-19-16(23)11(22)3/h4-5,8,11H,6-7H2,1-3H3,(H,19,23). The molecule has 1 unspecified atom stereocenters. The summed E-state index contributed by atoms with van der Waals surface area (Å²) in [5.41, 5.74) is 2.09. The second kappa shape index (κ2) is 6.21. The molecule has 4 heterocycles. The van der Waals surface area contributed by atoms with Crippen LogP contribution in [-0.4, -0.2) is 46.0 Å². The Kier molecular flexibility index (Phi) is 3.99. The lowest BCUT2D eigenvalue weighted by atomic mass is 10.1. The maximum Gasteiger partial charge on any atom is 0.259 e. The van der Waals surface area contributed by atoms with E-state index in [2.05, 4.69) is 15.5 Å². The number of hydrogen-bond acceptors (Lipinski definition) is 6. The highest BCUT2D eigenvalue weighted by Gasteiger charge is 2.32. The number of nitrogens with one attached hydrogen (secondary N) is 1. The molecule has 3 aromatic rings. The molecule has 0 saturated carbocycles. The summed E-state index contributed by atoms with van der Waals surface area (Å²) >= 11 is 1.60. The fourth-order valence-electron chi connectivity index (χ4n) is 3.18. The van der Waals surface area contributed by atoms with Crippen LogP contribution in [0.25, 0.3) is 21.7 Å². The second-order valence-corrected chi connectivity index (χ2v) is 7.67. The number of carbonyl (C=O) groups is 2. The molecule has 0 bridgehead atoms. The molecule has 7 nitrogen and oxygen atoms in total. The fraction of sp³-hybridized carbons (Fsp3) is 0.333. The molecule has 1 aliphatic heterocycles. The van der Waals surface area contributed by atoms with Crippen molar-refractivity contribution in [3.8, 4) is 10.6 Å². The Morgan fingerprint density at radius 1 is 1.38 bits per heavy atom. The molecular weight excluding hydrogens is 352 g/mol. The molecule has 1 fully saturated rings. The average molecular weight is 370 g/mol. The second-order valence-electron chi connectivity index (χ2n) is 6.38. The van der Waals surface area contributed by atoms with Gasteiger partial charge in [0.1, 0.15) is 6.04 Å². The van der Waals surface area contributed by atoms with Crippen molar-refractivity contribution in [2.45, 2.75) is 26.8 Å². The first kappa shape index (κ1) is 16.7. The van der Waals surface area contributed by atoms with Crippen LogP contribution in [0.4, 0.5) is 0 Å².